The van der Waals surface area contributed by atoms with Crippen molar-refractivity contribution in [3.8, 4) is 0 Å². The molecule has 184 valence electrons. The van der Waals surface area contributed by atoms with Crippen molar-refractivity contribution in [3.05, 3.63) is 35.7 Å². The summed E-state index contributed by atoms with van der Waals surface area (Å²) in [4.78, 5) is 29.9. The molecule has 0 atom stereocenters. The Labute approximate surface area is 196 Å². The molecule has 1 aromatic heterocycles. The van der Waals surface area contributed by atoms with Crippen LogP contribution in [0.4, 0.5) is 4.79 Å². The number of unbranched alkanes of at least 4 members (excludes halogenated alkanes) is 1. The van der Waals surface area contributed by atoms with Gasteiger partial charge in [-0.2, -0.15) is 0 Å². The molecule has 0 saturated heterocycles. The minimum atomic E-state index is -0.512. The number of aromatic nitrogens is 1. The highest BCUT2D eigenvalue weighted by Gasteiger charge is 2.25. The van der Waals surface area contributed by atoms with E-state index >= 15 is 0 Å². The topological polar surface area (TPSA) is 68.7 Å². The lowest BCUT2D eigenvalue weighted by atomic mass is 9.98. The number of carbonyl (C=O) groups excluding carboxylic acids is 2. The molecule has 0 fully saturated rings. The van der Waals surface area contributed by atoms with Gasteiger partial charge in [-0.15, -0.1) is 0 Å². The molecule has 0 spiro atoms. The Bertz CT molecular complexity index is 677. The molecule has 1 aliphatic rings. The maximum absolute atomic E-state index is 12.1. The molecule has 2 heterocycles. The zero-order valence-corrected chi connectivity index (χ0v) is 22.1. The lowest BCUT2D eigenvalue weighted by Crippen LogP contribution is -2.39. The average Bonchev–Trinajstić information content (AvgIpc) is 2.81. The average molecular weight is 451 g/mol. The second kappa shape index (κ2) is 18.2. The lowest BCUT2D eigenvalue weighted by Gasteiger charge is -2.29. The minimum absolute atomic E-state index is 0.306. The zero-order chi connectivity index (χ0) is 25.2. The summed E-state index contributed by atoms with van der Waals surface area (Å²) in [6, 6.07) is 3.65. The summed E-state index contributed by atoms with van der Waals surface area (Å²) in [5, 5.41) is 0. The van der Waals surface area contributed by atoms with Gasteiger partial charge in [-0.25, -0.2) is 14.6 Å². The van der Waals surface area contributed by atoms with Crippen LogP contribution in [0.15, 0.2) is 24.4 Å². The molecule has 6 nitrogen and oxygen atoms in total. The maximum Gasteiger partial charge on any atom is 0.410 e. The van der Waals surface area contributed by atoms with Crippen molar-refractivity contribution >= 4 is 17.6 Å². The summed E-state index contributed by atoms with van der Waals surface area (Å²) >= 11 is 0. The van der Waals surface area contributed by atoms with Gasteiger partial charge in [0, 0.05) is 24.8 Å². The van der Waals surface area contributed by atoms with Gasteiger partial charge in [0.25, 0.3) is 0 Å². The van der Waals surface area contributed by atoms with E-state index in [-0.39, 0.29) is 6.09 Å². The van der Waals surface area contributed by atoms with Crippen LogP contribution in [0, 0.1) is 0 Å². The molecule has 1 aromatic rings. The Kier molecular flexibility index (Phi) is 18.1. The van der Waals surface area contributed by atoms with E-state index in [0.717, 1.165) is 11.1 Å². The minimum Gasteiger partial charge on any atom is -0.461 e. The van der Waals surface area contributed by atoms with Crippen LogP contribution in [-0.2, 0) is 9.47 Å². The SMILES string of the molecule is CC.CC.CCCC.CCOC(=O)c1ncccc1C1=CCN(C(=O)OC(C)(C)C)CC1. The Morgan fingerprint density at radius 3 is 2.09 bits per heavy atom. The van der Waals surface area contributed by atoms with Crippen molar-refractivity contribution in [2.45, 2.75) is 94.1 Å². The van der Waals surface area contributed by atoms with Crippen LogP contribution < -0.4 is 0 Å². The number of hydrogen-bond donors (Lipinski definition) is 0. The Balaban J connectivity index is 0. The Morgan fingerprint density at radius 2 is 1.66 bits per heavy atom. The Hall–Kier alpha value is -2.37. The standard InChI is InChI=1S/C18H24N2O4.C4H10.2C2H6/c1-5-23-16(21)15-14(7-6-10-19-15)13-8-11-20(12-9-13)17(22)24-18(2,3)4;1-3-4-2;2*1-2/h6-8,10H,5,9,11-12H2,1-4H3;3-4H2,1-2H3;2*1-2H3. The first-order chi connectivity index (χ1) is 15.2. The smallest absolute Gasteiger partial charge is 0.410 e. The number of rotatable bonds is 4. The summed E-state index contributed by atoms with van der Waals surface area (Å²) in [5.74, 6) is -0.427. The number of amides is 1. The second-order valence-corrected chi connectivity index (χ2v) is 7.53. The van der Waals surface area contributed by atoms with Crippen LogP contribution in [0.1, 0.15) is 105 Å². The van der Waals surface area contributed by atoms with Crippen LogP contribution in [-0.4, -0.2) is 47.2 Å². The van der Waals surface area contributed by atoms with Crippen LogP contribution in [0.2, 0.25) is 0 Å². The molecule has 32 heavy (non-hydrogen) atoms. The highest BCUT2D eigenvalue weighted by molar-refractivity contribution is 5.93. The molecular formula is C26H46N2O4. The van der Waals surface area contributed by atoms with E-state index in [2.05, 4.69) is 18.8 Å². The monoisotopic (exact) mass is 450 g/mol. The summed E-state index contributed by atoms with van der Waals surface area (Å²) in [6.07, 6.45) is 6.46. The fourth-order valence-corrected chi connectivity index (χ4v) is 2.43. The van der Waals surface area contributed by atoms with E-state index in [9.17, 15) is 9.59 Å². The number of hydrogen-bond acceptors (Lipinski definition) is 5. The van der Waals surface area contributed by atoms with Crippen molar-refractivity contribution in [1.82, 2.24) is 9.88 Å². The van der Waals surface area contributed by atoms with E-state index in [4.69, 9.17) is 9.47 Å². The fraction of sp³-hybridized carbons (Fsp3) is 0.654. The van der Waals surface area contributed by atoms with Gasteiger partial charge in [0.1, 0.15) is 5.60 Å². The van der Waals surface area contributed by atoms with Crippen molar-refractivity contribution in [2.75, 3.05) is 19.7 Å². The molecular weight excluding hydrogens is 404 g/mol. The van der Waals surface area contributed by atoms with Crippen LogP contribution >= 0.6 is 0 Å². The van der Waals surface area contributed by atoms with Gasteiger partial charge in [0.05, 0.1) is 6.61 Å². The van der Waals surface area contributed by atoms with Crippen molar-refractivity contribution in [2.24, 2.45) is 0 Å². The lowest BCUT2D eigenvalue weighted by molar-refractivity contribution is 0.0270. The maximum atomic E-state index is 12.1. The summed E-state index contributed by atoms with van der Waals surface area (Å²) in [7, 11) is 0. The highest BCUT2D eigenvalue weighted by Crippen LogP contribution is 2.25. The van der Waals surface area contributed by atoms with E-state index in [1.807, 2.05) is 60.6 Å². The van der Waals surface area contributed by atoms with Crippen LogP contribution in [0.3, 0.4) is 0 Å². The third-order valence-corrected chi connectivity index (χ3v) is 3.98. The summed E-state index contributed by atoms with van der Waals surface area (Å²) < 4.78 is 10.4. The molecule has 1 aliphatic heterocycles. The molecule has 6 heteroatoms. The van der Waals surface area contributed by atoms with E-state index in [1.165, 1.54) is 12.8 Å². The number of nitrogens with zero attached hydrogens (tertiary/aromatic N) is 2. The summed E-state index contributed by atoms with van der Waals surface area (Å²) in [5.41, 5.74) is 1.56. The summed E-state index contributed by atoms with van der Waals surface area (Å²) in [6.45, 7) is 20.9. The molecule has 0 saturated carbocycles. The Morgan fingerprint density at radius 1 is 1.06 bits per heavy atom. The predicted octanol–water partition coefficient (Wildman–Crippen LogP) is 7.14. The third kappa shape index (κ3) is 12.5. The zero-order valence-electron chi connectivity index (χ0n) is 22.1. The van der Waals surface area contributed by atoms with Crippen molar-refractivity contribution in [1.29, 1.82) is 0 Å². The van der Waals surface area contributed by atoms with E-state index < -0.39 is 11.6 Å². The number of carbonyl (C=O) groups is 2. The number of esters is 1. The molecule has 0 aromatic carbocycles. The molecule has 1 amide bonds. The fourth-order valence-electron chi connectivity index (χ4n) is 2.43. The first-order valence-electron chi connectivity index (χ1n) is 12.0. The van der Waals surface area contributed by atoms with Crippen molar-refractivity contribution in [3.63, 3.8) is 0 Å². The van der Waals surface area contributed by atoms with Gasteiger partial charge in [-0.3, -0.25) is 0 Å². The predicted molar refractivity (Wildman–Crippen MR) is 134 cm³/mol. The molecule has 0 unspecified atom stereocenters. The normalized spacial score (nSPS) is 12.4. The van der Waals surface area contributed by atoms with Crippen molar-refractivity contribution < 1.29 is 19.1 Å². The van der Waals surface area contributed by atoms with Gasteiger partial charge in [-0.1, -0.05) is 66.5 Å². The molecule has 0 N–H and O–H groups in total. The first-order valence-corrected chi connectivity index (χ1v) is 12.0. The number of pyridine rings is 1. The van der Waals surface area contributed by atoms with Crippen LogP contribution in [0.5, 0.6) is 0 Å². The molecule has 0 aliphatic carbocycles. The third-order valence-electron chi connectivity index (χ3n) is 3.98. The van der Waals surface area contributed by atoms with Gasteiger partial charge in [0.2, 0.25) is 0 Å². The van der Waals surface area contributed by atoms with E-state index in [0.29, 0.717) is 31.8 Å². The molecule has 2 rings (SSSR count). The van der Waals surface area contributed by atoms with E-state index in [1.54, 1.807) is 24.1 Å². The van der Waals surface area contributed by atoms with Gasteiger partial charge >= 0.3 is 12.1 Å². The first kappa shape index (κ1) is 31.8. The highest BCUT2D eigenvalue weighted by atomic mass is 16.6. The van der Waals surface area contributed by atoms with Gasteiger partial charge in [-0.05, 0) is 45.8 Å². The van der Waals surface area contributed by atoms with Gasteiger partial charge < -0.3 is 14.4 Å². The van der Waals surface area contributed by atoms with Gasteiger partial charge in [0.15, 0.2) is 5.69 Å². The number of ether oxygens (including phenoxy) is 2. The van der Waals surface area contributed by atoms with Crippen LogP contribution in [0.25, 0.3) is 5.57 Å². The largest absolute Gasteiger partial charge is 0.461 e. The molecule has 0 radical (unpaired) electrons. The quantitative estimate of drug-likeness (QED) is 0.456. The second-order valence-electron chi connectivity index (χ2n) is 7.53. The molecule has 0 bridgehead atoms.